The lowest BCUT2D eigenvalue weighted by molar-refractivity contribution is -0.126. The van der Waals surface area contributed by atoms with E-state index in [2.05, 4.69) is 11.9 Å². The number of nitrogens with zero attached hydrogens (tertiary/aromatic N) is 1. The number of fused-ring (bicyclic) bond motifs is 1. The number of allylic oxidation sites excluding steroid dienone is 1. The van der Waals surface area contributed by atoms with E-state index in [4.69, 9.17) is 0 Å². The number of halogens is 1. The van der Waals surface area contributed by atoms with E-state index in [1.165, 1.54) is 6.07 Å². The Hall–Kier alpha value is -2.17. The molecule has 1 aromatic carbocycles. The Morgan fingerprint density at radius 3 is 2.65 bits per heavy atom. The highest BCUT2D eigenvalue weighted by Gasteiger charge is 2.40. The van der Waals surface area contributed by atoms with E-state index in [0.29, 0.717) is 36.6 Å². The Balaban J connectivity index is 1.67. The first-order valence-corrected chi connectivity index (χ1v) is 8.16. The van der Waals surface area contributed by atoms with Gasteiger partial charge >= 0.3 is 0 Å². The van der Waals surface area contributed by atoms with E-state index in [-0.39, 0.29) is 17.6 Å². The lowest BCUT2D eigenvalue weighted by Gasteiger charge is -2.31. The predicted molar refractivity (Wildman–Crippen MR) is 83.2 cm³/mol. The summed E-state index contributed by atoms with van der Waals surface area (Å²) in [7, 11) is 0. The number of amides is 2. The van der Waals surface area contributed by atoms with Gasteiger partial charge in [-0.1, -0.05) is 13.0 Å². The molecule has 2 amide bonds. The van der Waals surface area contributed by atoms with Gasteiger partial charge < -0.3 is 10.2 Å². The SMILES string of the molecule is C=C1CCC(N2Cc3c(cc(F)cc3C3CCC3)C2=O)C(=O)N1. The highest BCUT2D eigenvalue weighted by atomic mass is 19.1. The molecule has 0 spiro atoms. The minimum Gasteiger partial charge on any atom is -0.329 e. The van der Waals surface area contributed by atoms with Crippen molar-refractivity contribution < 1.29 is 14.0 Å². The molecule has 4 rings (SSSR count). The second-order valence-electron chi connectivity index (χ2n) is 6.73. The molecule has 4 nitrogen and oxygen atoms in total. The summed E-state index contributed by atoms with van der Waals surface area (Å²) in [5.41, 5.74) is 3.00. The summed E-state index contributed by atoms with van der Waals surface area (Å²) < 4.78 is 14.0. The normalized spacial score (nSPS) is 24.5. The van der Waals surface area contributed by atoms with Crippen LogP contribution in [0, 0.1) is 5.82 Å². The van der Waals surface area contributed by atoms with Gasteiger partial charge in [0.1, 0.15) is 11.9 Å². The first kappa shape index (κ1) is 14.4. The van der Waals surface area contributed by atoms with E-state index in [9.17, 15) is 14.0 Å². The van der Waals surface area contributed by atoms with Crippen molar-refractivity contribution in [3.63, 3.8) is 0 Å². The summed E-state index contributed by atoms with van der Waals surface area (Å²) in [5.74, 6) is -0.421. The van der Waals surface area contributed by atoms with Crippen molar-refractivity contribution in [3.8, 4) is 0 Å². The van der Waals surface area contributed by atoms with Crippen LogP contribution in [-0.2, 0) is 11.3 Å². The first-order chi connectivity index (χ1) is 11.0. The lowest BCUT2D eigenvalue weighted by atomic mass is 9.77. The third-order valence-electron chi connectivity index (χ3n) is 5.31. The van der Waals surface area contributed by atoms with Crippen molar-refractivity contribution in [2.24, 2.45) is 0 Å². The Morgan fingerprint density at radius 2 is 2.00 bits per heavy atom. The van der Waals surface area contributed by atoms with Crippen LogP contribution < -0.4 is 5.32 Å². The fourth-order valence-corrected chi connectivity index (χ4v) is 3.82. The molecule has 120 valence electrons. The molecule has 0 aromatic heterocycles. The van der Waals surface area contributed by atoms with Crippen molar-refractivity contribution in [1.82, 2.24) is 10.2 Å². The number of carbonyl (C=O) groups is 2. The molecule has 1 aliphatic carbocycles. The molecular formula is C18H19FN2O2. The van der Waals surface area contributed by atoms with Crippen LogP contribution in [0.25, 0.3) is 0 Å². The first-order valence-electron chi connectivity index (χ1n) is 8.16. The number of hydrogen-bond acceptors (Lipinski definition) is 2. The fraction of sp³-hybridized carbons (Fsp3) is 0.444. The zero-order valence-electron chi connectivity index (χ0n) is 12.9. The molecule has 0 bridgehead atoms. The van der Waals surface area contributed by atoms with Crippen LogP contribution in [0.2, 0.25) is 0 Å². The summed E-state index contributed by atoms with van der Waals surface area (Å²) in [6, 6.07) is 2.40. The molecule has 23 heavy (non-hydrogen) atoms. The van der Waals surface area contributed by atoms with Gasteiger partial charge in [-0.2, -0.15) is 0 Å². The average Bonchev–Trinajstić information content (AvgIpc) is 2.75. The van der Waals surface area contributed by atoms with Crippen molar-refractivity contribution in [2.75, 3.05) is 0 Å². The molecule has 1 N–H and O–H groups in total. The minimum absolute atomic E-state index is 0.187. The Kier molecular flexibility index (Phi) is 3.25. The van der Waals surface area contributed by atoms with Gasteiger partial charge in [0.05, 0.1) is 0 Å². The monoisotopic (exact) mass is 314 g/mol. The highest BCUT2D eigenvalue weighted by Crippen LogP contribution is 2.42. The summed E-state index contributed by atoms with van der Waals surface area (Å²) in [4.78, 5) is 26.5. The predicted octanol–water partition coefficient (Wildman–Crippen LogP) is 2.84. The second kappa shape index (κ2) is 5.18. The van der Waals surface area contributed by atoms with E-state index in [1.54, 1.807) is 11.0 Å². The maximum atomic E-state index is 14.0. The van der Waals surface area contributed by atoms with Gasteiger partial charge in [0.25, 0.3) is 5.91 Å². The lowest BCUT2D eigenvalue weighted by Crippen LogP contribution is -2.49. The molecule has 1 aromatic rings. The topological polar surface area (TPSA) is 49.4 Å². The number of rotatable bonds is 2. The molecule has 1 atom stereocenters. The molecule has 2 fully saturated rings. The maximum absolute atomic E-state index is 14.0. The average molecular weight is 314 g/mol. The van der Waals surface area contributed by atoms with Crippen LogP contribution in [-0.4, -0.2) is 22.8 Å². The van der Waals surface area contributed by atoms with Crippen LogP contribution in [0.3, 0.4) is 0 Å². The van der Waals surface area contributed by atoms with Crippen LogP contribution in [0.5, 0.6) is 0 Å². The number of carbonyl (C=O) groups excluding carboxylic acids is 2. The Bertz CT molecular complexity index is 724. The third kappa shape index (κ3) is 2.26. The highest BCUT2D eigenvalue weighted by molar-refractivity contribution is 6.01. The molecule has 2 aliphatic heterocycles. The number of piperidine rings is 1. The molecule has 1 unspecified atom stereocenters. The third-order valence-corrected chi connectivity index (χ3v) is 5.31. The fourth-order valence-electron chi connectivity index (χ4n) is 3.82. The second-order valence-corrected chi connectivity index (χ2v) is 6.73. The van der Waals surface area contributed by atoms with Gasteiger partial charge in [-0.15, -0.1) is 0 Å². The van der Waals surface area contributed by atoms with Crippen LogP contribution >= 0.6 is 0 Å². The minimum atomic E-state index is -0.488. The number of nitrogens with one attached hydrogen (secondary N) is 1. The van der Waals surface area contributed by atoms with Gasteiger partial charge in [-0.05, 0) is 54.9 Å². The van der Waals surface area contributed by atoms with Crippen LogP contribution in [0.1, 0.15) is 59.5 Å². The number of hydrogen-bond donors (Lipinski definition) is 1. The van der Waals surface area contributed by atoms with E-state index >= 15 is 0 Å². The Morgan fingerprint density at radius 1 is 1.22 bits per heavy atom. The zero-order chi connectivity index (χ0) is 16.1. The molecule has 2 heterocycles. The van der Waals surface area contributed by atoms with E-state index < -0.39 is 6.04 Å². The molecular weight excluding hydrogens is 295 g/mol. The van der Waals surface area contributed by atoms with E-state index in [0.717, 1.165) is 30.4 Å². The van der Waals surface area contributed by atoms with Gasteiger partial charge in [0.2, 0.25) is 5.91 Å². The summed E-state index contributed by atoms with van der Waals surface area (Å²) >= 11 is 0. The van der Waals surface area contributed by atoms with Crippen LogP contribution in [0.15, 0.2) is 24.4 Å². The summed E-state index contributed by atoms with van der Waals surface area (Å²) in [6.07, 6.45) is 4.49. The van der Waals surface area contributed by atoms with Crippen molar-refractivity contribution in [1.29, 1.82) is 0 Å². The Labute approximate surface area is 134 Å². The molecule has 1 saturated heterocycles. The largest absolute Gasteiger partial charge is 0.329 e. The molecule has 1 saturated carbocycles. The maximum Gasteiger partial charge on any atom is 0.255 e. The van der Waals surface area contributed by atoms with Crippen molar-refractivity contribution in [3.05, 3.63) is 46.9 Å². The zero-order valence-corrected chi connectivity index (χ0v) is 12.9. The molecule has 5 heteroatoms. The quantitative estimate of drug-likeness (QED) is 0.912. The van der Waals surface area contributed by atoms with Crippen molar-refractivity contribution in [2.45, 2.75) is 50.6 Å². The number of benzene rings is 1. The van der Waals surface area contributed by atoms with Crippen LogP contribution in [0.4, 0.5) is 4.39 Å². The summed E-state index contributed by atoms with van der Waals surface area (Å²) in [6.45, 7) is 4.17. The standard InChI is InChI=1S/C18H19FN2O2/c1-10-5-6-16(17(22)20-10)21-9-15-13(11-3-2-4-11)7-12(19)8-14(15)18(21)23/h7-8,11,16H,1-6,9H2,(H,20,22). The van der Waals surface area contributed by atoms with Gasteiger partial charge in [-0.25, -0.2) is 4.39 Å². The van der Waals surface area contributed by atoms with Gasteiger partial charge in [0, 0.05) is 17.8 Å². The molecule has 3 aliphatic rings. The van der Waals surface area contributed by atoms with E-state index in [1.807, 2.05) is 0 Å². The van der Waals surface area contributed by atoms with Crippen molar-refractivity contribution >= 4 is 11.8 Å². The van der Waals surface area contributed by atoms with Gasteiger partial charge in [0.15, 0.2) is 0 Å². The van der Waals surface area contributed by atoms with Gasteiger partial charge in [-0.3, -0.25) is 9.59 Å². The smallest absolute Gasteiger partial charge is 0.255 e. The molecule has 0 radical (unpaired) electrons. The summed E-state index contributed by atoms with van der Waals surface area (Å²) in [5, 5.41) is 2.72.